The van der Waals surface area contributed by atoms with Gasteiger partial charge in [0.25, 0.3) is 0 Å². The number of nitrogens with zero attached hydrogens (tertiary/aromatic N) is 1. The zero-order chi connectivity index (χ0) is 11.5. The second kappa shape index (κ2) is 4.32. The molecule has 2 aromatic rings. The highest BCUT2D eigenvalue weighted by atomic mass is 19.1. The van der Waals surface area contributed by atoms with E-state index < -0.39 is 0 Å². The average molecular weight is 221 g/mol. The Morgan fingerprint density at radius 3 is 2.88 bits per heavy atom. The molecular weight excluding hydrogens is 209 g/mol. The number of methoxy groups -OCH3 is 1. The molecule has 0 saturated heterocycles. The first-order chi connectivity index (χ1) is 7.74. The van der Waals surface area contributed by atoms with E-state index in [0.717, 1.165) is 0 Å². The van der Waals surface area contributed by atoms with E-state index in [4.69, 9.17) is 10.5 Å². The molecule has 1 aromatic carbocycles. The van der Waals surface area contributed by atoms with Crippen molar-refractivity contribution in [3.63, 3.8) is 0 Å². The molecule has 0 saturated carbocycles. The molecule has 0 unspecified atom stereocenters. The summed E-state index contributed by atoms with van der Waals surface area (Å²) in [5.74, 6) is 0.0333. The Morgan fingerprint density at radius 2 is 2.25 bits per heavy atom. The normalized spacial score (nSPS) is 10.6. The van der Waals surface area contributed by atoms with Crippen LogP contribution in [0.25, 0.3) is 11.1 Å². The quantitative estimate of drug-likeness (QED) is 0.832. The molecular formula is C11H12FN3O. The topological polar surface area (TPSA) is 63.9 Å². The SMILES string of the molecule is COCc1cccc(-c2cn[nH]c2N)c1F. The van der Waals surface area contributed by atoms with Gasteiger partial charge in [0.1, 0.15) is 11.6 Å². The summed E-state index contributed by atoms with van der Waals surface area (Å²) in [6, 6.07) is 5.10. The maximum Gasteiger partial charge on any atom is 0.136 e. The number of hydrogen-bond acceptors (Lipinski definition) is 3. The van der Waals surface area contributed by atoms with Gasteiger partial charge in [-0.3, -0.25) is 5.10 Å². The standard InChI is InChI=1S/C11H12FN3O/c1-16-6-7-3-2-4-8(10(7)12)9-5-14-15-11(9)13/h2-5H,6H2,1H3,(H3,13,14,15). The lowest BCUT2D eigenvalue weighted by Gasteiger charge is -2.06. The van der Waals surface area contributed by atoms with Crippen LogP contribution < -0.4 is 5.73 Å². The fourth-order valence-corrected chi connectivity index (χ4v) is 1.57. The molecule has 0 fully saturated rings. The molecule has 4 nitrogen and oxygen atoms in total. The number of ether oxygens (including phenoxy) is 1. The second-order valence-corrected chi connectivity index (χ2v) is 3.41. The van der Waals surface area contributed by atoms with Crippen molar-refractivity contribution in [2.75, 3.05) is 12.8 Å². The average Bonchev–Trinajstić information content (AvgIpc) is 2.68. The number of H-pyrrole nitrogens is 1. The van der Waals surface area contributed by atoms with Crippen LogP contribution in [0, 0.1) is 5.82 Å². The van der Waals surface area contributed by atoms with E-state index >= 15 is 0 Å². The number of nitrogen functional groups attached to an aromatic ring is 1. The Hall–Kier alpha value is -1.88. The van der Waals surface area contributed by atoms with Crippen LogP contribution in [0.5, 0.6) is 0 Å². The van der Waals surface area contributed by atoms with Crippen LogP contribution in [0.3, 0.4) is 0 Å². The lowest BCUT2D eigenvalue weighted by atomic mass is 10.0. The summed E-state index contributed by atoms with van der Waals surface area (Å²) in [7, 11) is 1.53. The Kier molecular flexibility index (Phi) is 2.87. The van der Waals surface area contributed by atoms with Crippen molar-refractivity contribution >= 4 is 5.82 Å². The van der Waals surface area contributed by atoms with Crippen molar-refractivity contribution in [3.8, 4) is 11.1 Å². The van der Waals surface area contributed by atoms with Crippen molar-refractivity contribution in [1.82, 2.24) is 10.2 Å². The number of benzene rings is 1. The summed E-state index contributed by atoms with van der Waals surface area (Å²) in [6.07, 6.45) is 1.50. The van der Waals surface area contributed by atoms with Gasteiger partial charge in [0.05, 0.1) is 12.8 Å². The minimum absolute atomic E-state index is 0.234. The third kappa shape index (κ3) is 1.77. The minimum Gasteiger partial charge on any atom is -0.384 e. The molecule has 0 spiro atoms. The third-order valence-electron chi connectivity index (χ3n) is 2.34. The predicted octanol–water partition coefficient (Wildman–Crippen LogP) is 1.94. The van der Waals surface area contributed by atoms with Crippen LogP contribution >= 0.6 is 0 Å². The van der Waals surface area contributed by atoms with E-state index in [1.807, 2.05) is 0 Å². The predicted molar refractivity (Wildman–Crippen MR) is 59.1 cm³/mol. The zero-order valence-electron chi connectivity index (χ0n) is 8.83. The van der Waals surface area contributed by atoms with Gasteiger partial charge in [-0.1, -0.05) is 18.2 Å². The number of nitrogens with one attached hydrogen (secondary N) is 1. The maximum atomic E-state index is 14.0. The van der Waals surface area contributed by atoms with E-state index in [-0.39, 0.29) is 12.4 Å². The summed E-state index contributed by atoms with van der Waals surface area (Å²) < 4.78 is 18.9. The first kappa shape index (κ1) is 10.6. The Bertz CT molecular complexity index is 496. The van der Waals surface area contributed by atoms with Gasteiger partial charge in [-0.2, -0.15) is 5.10 Å². The van der Waals surface area contributed by atoms with E-state index in [1.54, 1.807) is 18.2 Å². The van der Waals surface area contributed by atoms with Gasteiger partial charge in [0.15, 0.2) is 0 Å². The van der Waals surface area contributed by atoms with Crippen LogP contribution in [-0.4, -0.2) is 17.3 Å². The molecule has 3 N–H and O–H groups in total. The molecule has 16 heavy (non-hydrogen) atoms. The van der Waals surface area contributed by atoms with Gasteiger partial charge in [0, 0.05) is 23.8 Å². The van der Waals surface area contributed by atoms with Crippen LogP contribution in [-0.2, 0) is 11.3 Å². The summed E-state index contributed by atoms with van der Waals surface area (Å²) >= 11 is 0. The van der Waals surface area contributed by atoms with E-state index in [1.165, 1.54) is 13.3 Å². The van der Waals surface area contributed by atoms with Crippen LogP contribution in [0.1, 0.15) is 5.56 Å². The second-order valence-electron chi connectivity index (χ2n) is 3.41. The summed E-state index contributed by atoms with van der Waals surface area (Å²) in [6.45, 7) is 0.234. The Morgan fingerprint density at radius 1 is 1.44 bits per heavy atom. The molecule has 0 radical (unpaired) electrons. The summed E-state index contributed by atoms with van der Waals surface area (Å²) in [4.78, 5) is 0. The van der Waals surface area contributed by atoms with Crippen LogP contribution in [0.15, 0.2) is 24.4 Å². The van der Waals surface area contributed by atoms with Gasteiger partial charge in [-0.05, 0) is 0 Å². The number of anilines is 1. The molecule has 0 aliphatic carbocycles. The van der Waals surface area contributed by atoms with E-state index in [0.29, 0.717) is 22.5 Å². The highest BCUT2D eigenvalue weighted by molar-refractivity contribution is 5.73. The third-order valence-corrected chi connectivity index (χ3v) is 2.34. The highest BCUT2D eigenvalue weighted by Gasteiger charge is 2.12. The molecule has 5 heteroatoms. The maximum absolute atomic E-state index is 14.0. The molecule has 0 bridgehead atoms. The number of hydrogen-bond donors (Lipinski definition) is 2. The zero-order valence-corrected chi connectivity index (χ0v) is 8.83. The van der Waals surface area contributed by atoms with Gasteiger partial charge < -0.3 is 10.5 Å². The van der Waals surface area contributed by atoms with Gasteiger partial charge in [0.2, 0.25) is 0 Å². The number of halogens is 1. The molecule has 0 aliphatic rings. The summed E-state index contributed by atoms with van der Waals surface area (Å²) in [5, 5.41) is 6.34. The van der Waals surface area contributed by atoms with Gasteiger partial charge >= 0.3 is 0 Å². The van der Waals surface area contributed by atoms with E-state index in [9.17, 15) is 4.39 Å². The summed E-state index contributed by atoms with van der Waals surface area (Å²) in [5.41, 5.74) is 7.15. The molecule has 0 aliphatic heterocycles. The van der Waals surface area contributed by atoms with Crippen molar-refractivity contribution in [3.05, 3.63) is 35.8 Å². The largest absolute Gasteiger partial charge is 0.384 e. The Labute approximate surface area is 92.2 Å². The molecule has 1 aromatic heterocycles. The monoisotopic (exact) mass is 221 g/mol. The van der Waals surface area contributed by atoms with E-state index in [2.05, 4.69) is 10.2 Å². The number of rotatable bonds is 3. The smallest absolute Gasteiger partial charge is 0.136 e. The Balaban J connectivity index is 2.50. The highest BCUT2D eigenvalue weighted by Crippen LogP contribution is 2.28. The molecule has 2 rings (SSSR count). The van der Waals surface area contributed by atoms with Crippen molar-refractivity contribution < 1.29 is 9.13 Å². The first-order valence-corrected chi connectivity index (χ1v) is 4.79. The van der Waals surface area contributed by atoms with Crippen LogP contribution in [0.2, 0.25) is 0 Å². The minimum atomic E-state index is -0.322. The van der Waals surface area contributed by atoms with Crippen molar-refractivity contribution in [2.45, 2.75) is 6.61 Å². The van der Waals surface area contributed by atoms with Crippen molar-refractivity contribution in [2.24, 2.45) is 0 Å². The lowest BCUT2D eigenvalue weighted by Crippen LogP contribution is -1.96. The fourth-order valence-electron chi connectivity index (χ4n) is 1.57. The molecule has 0 amide bonds. The van der Waals surface area contributed by atoms with Gasteiger partial charge in [-0.25, -0.2) is 4.39 Å². The first-order valence-electron chi connectivity index (χ1n) is 4.79. The number of nitrogens with two attached hydrogens (primary N) is 1. The molecule has 0 atom stereocenters. The fraction of sp³-hybridized carbons (Fsp3) is 0.182. The number of aromatic nitrogens is 2. The molecule has 84 valence electrons. The number of aromatic amines is 1. The lowest BCUT2D eigenvalue weighted by molar-refractivity contribution is 0.181. The molecule has 1 heterocycles. The van der Waals surface area contributed by atoms with Crippen LogP contribution in [0.4, 0.5) is 10.2 Å². The van der Waals surface area contributed by atoms with Crippen molar-refractivity contribution in [1.29, 1.82) is 0 Å². The van der Waals surface area contributed by atoms with Gasteiger partial charge in [-0.15, -0.1) is 0 Å².